The van der Waals surface area contributed by atoms with Crippen molar-refractivity contribution >= 4 is 35.0 Å². The molecule has 0 radical (unpaired) electrons. The molecule has 0 spiro atoms. The highest BCUT2D eigenvalue weighted by molar-refractivity contribution is 8.00. The van der Waals surface area contributed by atoms with E-state index in [1.165, 1.54) is 11.8 Å². The third-order valence-electron chi connectivity index (χ3n) is 4.79. The molecule has 1 N–H and O–H groups in total. The van der Waals surface area contributed by atoms with Crippen LogP contribution in [0, 0.1) is 25.2 Å². The number of aryl methyl sites for hydroxylation is 2. The number of hydrogen-bond donors (Lipinski definition) is 1. The number of pyridine rings is 1. The van der Waals surface area contributed by atoms with Crippen molar-refractivity contribution in [3.05, 3.63) is 47.2 Å². The lowest BCUT2D eigenvalue weighted by Crippen LogP contribution is -2.60. The van der Waals surface area contributed by atoms with Crippen LogP contribution in [0.4, 0.5) is 11.4 Å². The summed E-state index contributed by atoms with van der Waals surface area (Å²) in [6.07, 6.45) is 0. The van der Waals surface area contributed by atoms with Crippen LogP contribution in [0.1, 0.15) is 37.6 Å². The molecule has 0 saturated carbocycles. The summed E-state index contributed by atoms with van der Waals surface area (Å²) in [4.78, 5) is 32.0. The largest absolute Gasteiger partial charge is 0.322 e. The molecule has 6 nitrogen and oxygen atoms in total. The van der Waals surface area contributed by atoms with Gasteiger partial charge in [0.2, 0.25) is 11.8 Å². The molecule has 3 rings (SSSR count). The fourth-order valence-corrected chi connectivity index (χ4v) is 4.33. The molecule has 1 aliphatic heterocycles. The summed E-state index contributed by atoms with van der Waals surface area (Å²) in [5.74, 6) is -0.443. The van der Waals surface area contributed by atoms with Crippen LogP contribution in [0.15, 0.2) is 35.4 Å². The lowest BCUT2D eigenvalue weighted by atomic mass is 9.96. The number of nitriles is 1. The molecule has 1 atom stereocenters. The lowest BCUT2D eigenvalue weighted by molar-refractivity contribution is -0.126. The zero-order valence-corrected chi connectivity index (χ0v) is 17.3. The van der Waals surface area contributed by atoms with Crippen molar-refractivity contribution in [2.75, 3.05) is 10.2 Å². The number of anilines is 2. The zero-order chi connectivity index (χ0) is 20.6. The molecular formula is C21H22N4O2S. The van der Waals surface area contributed by atoms with Crippen molar-refractivity contribution in [2.24, 2.45) is 0 Å². The van der Waals surface area contributed by atoms with E-state index in [-0.39, 0.29) is 11.8 Å². The normalized spacial score (nSPS) is 16.0. The molecule has 2 aromatic rings. The third-order valence-corrected chi connectivity index (χ3v) is 5.86. The number of benzene rings is 1. The van der Waals surface area contributed by atoms with Crippen LogP contribution in [0.5, 0.6) is 0 Å². The number of hydrogen-bond acceptors (Lipinski definition) is 5. The van der Waals surface area contributed by atoms with E-state index in [0.29, 0.717) is 22.0 Å². The van der Waals surface area contributed by atoms with Gasteiger partial charge in [-0.15, -0.1) is 0 Å². The van der Waals surface area contributed by atoms with Crippen LogP contribution in [0.2, 0.25) is 0 Å². The molecule has 1 aromatic carbocycles. The van der Waals surface area contributed by atoms with Gasteiger partial charge in [-0.2, -0.15) is 5.26 Å². The molecule has 0 aliphatic carbocycles. The number of carbonyl (C=O) groups excluding carboxylic acids is 2. The second-order valence-corrected chi connectivity index (χ2v) is 8.67. The molecule has 1 unspecified atom stereocenters. The number of para-hydroxylation sites is 2. The summed E-state index contributed by atoms with van der Waals surface area (Å²) in [6.45, 7) is 8.95. The maximum Gasteiger partial charge on any atom is 0.250 e. The van der Waals surface area contributed by atoms with Gasteiger partial charge in [-0.25, -0.2) is 4.98 Å². The second-order valence-electron chi connectivity index (χ2n) is 7.34. The number of carbonyl (C=O) groups is 2. The van der Waals surface area contributed by atoms with Crippen molar-refractivity contribution in [2.45, 2.75) is 50.4 Å². The Morgan fingerprint density at radius 2 is 2.00 bits per heavy atom. The van der Waals surface area contributed by atoms with E-state index in [4.69, 9.17) is 0 Å². The Hall–Kier alpha value is -2.85. The standard InChI is InChI=1S/C21H22N4O2S/c1-12-10-13(2)23-18(15(12)11-22)28-14(3)19(26)25-17-9-7-6-8-16(17)24-20(27)21(25,4)5/h6-10,14H,1-5H3,(H,24,27). The number of fused-ring (bicyclic) bond motifs is 1. The maximum atomic E-state index is 13.4. The number of nitrogens with one attached hydrogen (secondary N) is 1. The van der Waals surface area contributed by atoms with Crippen molar-refractivity contribution in [3.8, 4) is 6.07 Å². The van der Waals surface area contributed by atoms with Gasteiger partial charge in [0.15, 0.2) is 0 Å². The molecule has 2 amide bonds. The molecular weight excluding hydrogens is 372 g/mol. The monoisotopic (exact) mass is 394 g/mol. The summed E-state index contributed by atoms with van der Waals surface area (Å²) in [6, 6.07) is 11.3. The Balaban J connectivity index is 1.98. The van der Waals surface area contributed by atoms with E-state index in [0.717, 1.165) is 11.3 Å². The Bertz CT molecular complexity index is 1010. The number of rotatable bonds is 3. The Kier molecular flexibility index (Phi) is 5.18. The molecule has 0 bridgehead atoms. The molecule has 7 heteroatoms. The molecule has 144 valence electrons. The van der Waals surface area contributed by atoms with Gasteiger partial charge in [0, 0.05) is 5.69 Å². The van der Waals surface area contributed by atoms with E-state index < -0.39 is 10.8 Å². The van der Waals surface area contributed by atoms with Crippen LogP contribution in [0.25, 0.3) is 0 Å². The highest BCUT2D eigenvalue weighted by Crippen LogP contribution is 2.39. The van der Waals surface area contributed by atoms with Gasteiger partial charge in [0.25, 0.3) is 0 Å². The number of thioether (sulfide) groups is 1. The highest BCUT2D eigenvalue weighted by Gasteiger charge is 2.44. The van der Waals surface area contributed by atoms with Gasteiger partial charge in [-0.3, -0.25) is 14.5 Å². The summed E-state index contributed by atoms with van der Waals surface area (Å²) in [5.41, 5.74) is 2.35. The lowest BCUT2D eigenvalue weighted by Gasteiger charge is -2.43. The van der Waals surface area contributed by atoms with Crippen molar-refractivity contribution < 1.29 is 9.59 Å². The first kappa shape index (κ1) is 19.9. The number of nitrogens with zero attached hydrogens (tertiary/aromatic N) is 3. The molecule has 1 aromatic heterocycles. The van der Waals surface area contributed by atoms with Gasteiger partial charge in [-0.1, -0.05) is 23.9 Å². The summed E-state index contributed by atoms with van der Waals surface area (Å²) < 4.78 is 0. The Morgan fingerprint density at radius 3 is 2.68 bits per heavy atom. The molecule has 1 aliphatic rings. The van der Waals surface area contributed by atoms with Crippen LogP contribution < -0.4 is 10.2 Å². The fraction of sp³-hybridized carbons (Fsp3) is 0.333. The molecule has 0 saturated heterocycles. The quantitative estimate of drug-likeness (QED) is 0.800. The van der Waals surface area contributed by atoms with Gasteiger partial charge >= 0.3 is 0 Å². The molecule has 0 fully saturated rings. The highest BCUT2D eigenvalue weighted by atomic mass is 32.2. The van der Waals surface area contributed by atoms with Gasteiger partial charge in [-0.05, 0) is 58.4 Å². The average molecular weight is 395 g/mol. The van der Waals surface area contributed by atoms with Crippen LogP contribution in [0.3, 0.4) is 0 Å². The van der Waals surface area contributed by atoms with E-state index >= 15 is 0 Å². The second kappa shape index (κ2) is 7.28. The number of aromatic nitrogens is 1. The van der Waals surface area contributed by atoms with Crippen molar-refractivity contribution in [3.63, 3.8) is 0 Å². The SMILES string of the molecule is Cc1cc(C)c(C#N)c(SC(C)C(=O)N2c3ccccc3NC(=O)C2(C)C)n1. The van der Waals surface area contributed by atoms with Crippen LogP contribution in [-0.4, -0.2) is 27.6 Å². The Labute approximate surface area is 169 Å². The van der Waals surface area contributed by atoms with E-state index in [1.807, 2.05) is 38.1 Å². The average Bonchev–Trinajstić information content (AvgIpc) is 2.62. The first-order valence-electron chi connectivity index (χ1n) is 8.96. The minimum Gasteiger partial charge on any atom is -0.322 e. The first-order valence-corrected chi connectivity index (χ1v) is 9.84. The van der Waals surface area contributed by atoms with Crippen LogP contribution in [-0.2, 0) is 9.59 Å². The third kappa shape index (κ3) is 3.36. The zero-order valence-electron chi connectivity index (χ0n) is 16.5. The van der Waals surface area contributed by atoms with Gasteiger partial charge in [0.05, 0.1) is 22.2 Å². The Morgan fingerprint density at radius 1 is 1.32 bits per heavy atom. The number of amides is 2. The van der Waals surface area contributed by atoms with E-state index in [2.05, 4.69) is 16.4 Å². The molecule has 28 heavy (non-hydrogen) atoms. The van der Waals surface area contributed by atoms with Gasteiger partial charge < -0.3 is 5.32 Å². The fourth-order valence-electron chi connectivity index (χ4n) is 3.27. The topological polar surface area (TPSA) is 86.1 Å². The predicted molar refractivity (Wildman–Crippen MR) is 110 cm³/mol. The van der Waals surface area contributed by atoms with Crippen molar-refractivity contribution in [1.29, 1.82) is 5.26 Å². The summed E-state index contributed by atoms with van der Waals surface area (Å²) in [5, 5.41) is 12.4. The summed E-state index contributed by atoms with van der Waals surface area (Å²) in [7, 11) is 0. The smallest absolute Gasteiger partial charge is 0.250 e. The van der Waals surface area contributed by atoms with Crippen molar-refractivity contribution in [1.82, 2.24) is 4.98 Å². The minimum absolute atomic E-state index is 0.206. The molecule has 2 heterocycles. The summed E-state index contributed by atoms with van der Waals surface area (Å²) >= 11 is 1.24. The maximum absolute atomic E-state index is 13.4. The first-order chi connectivity index (χ1) is 13.2. The predicted octanol–water partition coefficient (Wildman–Crippen LogP) is 3.81. The van der Waals surface area contributed by atoms with Crippen LogP contribution >= 0.6 is 11.8 Å². The minimum atomic E-state index is -1.03. The van der Waals surface area contributed by atoms with Gasteiger partial charge in [0.1, 0.15) is 16.6 Å². The van der Waals surface area contributed by atoms with E-state index in [1.54, 1.807) is 31.7 Å². The van der Waals surface area contributed by atoms with E-state index in [9.17, 15) is 14.9 Å².